The maximum absolute atomic E-state index is 14.2. The summed E-state index contributed by atoms with van der Waals surface area (Å²) in [6.07, 6.45) is 1.20. The maximum Gasteiger partial charge on any atom is 0.407 e. The number of nitrogens with one attached hydrogen (secondary N) is 4. The fourth-order valence-electron chi connectivity index (χ4n) is 10.3. The Hall–Kier alpha value is -6.78. The minimum atomic E-state index is -1.24. The number of aromatic amines is 2. The predicted molar refractivity (Wildman–Crippen MR) is 236 cm³/mol. The summed E-state index contributed by atoms with van der Waals surface area (Å²) < 4.78 is 16.8. The molecule has 6 heterocycles. The number of imidazole rings is 2. The Kier molecular flexibility index (Phi) is 10.6. The Balaban J connectivity index is 0.912. The zero-order chi connectivity index (χ0) is 44.4. The summed E-state index contributed by atoms with van der Waals surface area (Å²) in [7, 11) is 2.94. The quantitative estimate of drug-likeness (QED) is 0.0801. The summed E-state index contributed by atoms with van der Waals surface area (Å²) in [5, 5.41) is 16.8. The Morgan fingerprint density at radius 1 is 0.938 bits per heavy atom. The maximum atomic E-state index is 14.2. The number of ketones is 1. The minimum Gasteiger partial charge on any atom is -0.488 e. The number of alkyl carbamates (subject to hydrolysis) is 1. The average Bonchev–Trinajstić information content (AvgIpc) is 3.76. The van der Waals surface area contributed by atoms with Crippen LogP contribution in [0.1, 0.15) is 67.6 Å². The standard InChI is InChI=1S/C48H50N8O8/c1-24(2)39(54-48(61)63-4)46(58)56-20-25(22-62-3)14-37(56)44-49-19-36(51-44)28-10-12-31-29(15-28)23-64-38-18-32-27(16-33(31)38)11-13-35-41(32)52-45(50-35)42-34(17-30-21-55(30)42)43(57)40(53-47(59)60)26-8-6-5-7-9-26/h5-13,15-16,18-19,24-25,30,34,37,39-40,42,53H,14,17,20-23H2,1-4H3,(H,49,51)(H,50,52)(H,54,61)(H,59,60)/t25?,30-,34+,37?,39?,40-,42+,55?/m1/s1. The van der Waals surface area contributed by atoms with E-state index < -0.39 is 30.2 Å². The van der Waals surface area contributed by atoms with Crippen molar-refractivity contribution in [3.8, 4) is 28.1 Å². The van der Waals surface area contributed by atoms with Gasteiger partial charge < -0.3 is 44.8 Å². The second-order valence-corrected chi connectivity index (χ2v) is 17.7. The van der Waals surface area contributed by atoms with Gasteiger partial charge in [-0.15, -0.1) is 0 Å². The highest BCUT2D eigenvalue weighted by molar-refractivity contribution is 6.07. The van der Waals surface area contributed by atoms with Gasteiger partial charge >= 0.3 is 12.2 Å². The molecule has 8 atom stereocenters. The fraction of sp³-hybridized carbons (Fsp3) is 0.375. The number of methoxy groups -OCH3 is 2. The van der Waals surface area contributed by atoms with Crippen LogP contribution in [-0.2, 0) is 25.7 Å². The number of H-pyrrole nitrogens is 2. The lowest BCUT2D eigenvalue weighted by molar-refractivity contribution is -0.135. The van der Waals surface area contributed by atoms with Crippen molar-refractivity contribution in [2.24, 2.45) is 17.8 Å². The van der Waals surface area contributed by atoms with Crippen LogP contribution in [0.2, 0.25) is 0 Å². The zero-order valence-corrected chi connectivity index (χ0v) is 36.0. The number of amides is 3. The number of ether oxygens (including phenoxy) is 3. The molecule has 0 saturated carbocycles. The van der Waals surface area contributed by atoms with Crippen LogP contribution in [-0.4, -0.2) is 105 Å². The van der Waals surface area contributed by atoms with Gasteiger partial charge in [0.15, 0.2) is 5.78 Å². The van der Waals surface area contributed by atoms with Gasteiger partial charge in [0.05, 0.1) is 48.7 Å². The van der Waals surface area contributed by atoms with Crippen LogP contribution in [0.15, 0.2) is 79.0 Å². The first-order valence-corrected chi connectivity index (χ1v) is 21.7. The number of hydrogen-bond acceptors (Lipinski definition) is 10. The van der Waals surface area contributed by atoms with E-state index in [0.29, 0.717) is 49.8 Å². The molecule has 4 aromatic carbocycles. The molecule has 0 bridgehead atoms. The largest absolute Gasteiger partial charge is 0.488 e. The Morgan fingerprint density at radius 2 is 1.77 bits per heavy atom. The summed E-state index contributed by atoms with van der Waals surface area (Å²) in [5.41, 5.74) is 7.04. The van der Waals surface area contributed by atoms with Gasteiger partial charge in [-0.2, -0.15) is 0 Å². The molecule has 4 unspecified atom stereocenters. The molecule has 16 heteroatoms. The molecule has 3 amide bonds. The van der Waals surface area contributed by atoms with E-state index in [1.165, 1.54) is 7.11 Å². The average molecular weight is 867 g/mol. The van der Waals surface area contributed by atoms with E-state index in [2.05, 4.69) is 61.9 Å². The molecular weight excluding hydrogens is 817 g/mol. The van der Waals surface area contributed by atoms with E-state index >= 15 is 0 Å². The van der Waals surface area contributed by atoms with E-state index in [1.54, 1.807) is 42.5 Å². The third kappa shape index (κ3) is 7.39. The van der Waals surface area contributed by atoms with Gasteiger partial charge in [0.2, 0.25) is 5.91 Å². The van der Waals surface area contributed by atoms with Crippen molar-refractivity contribution in [2.45, 2.75) is 63.5 Å². The number of benzene rings is 4. The molecule has 16 nitrogen and oxygen atoms in total. The Bertz CT molecular complexity index is 2800. The van der Waals surface area contributed by atoms with Gasteiger partial charge in [-0.25, -0.2) is 19.6 Å². The fourth-order valence-corrected chi connectivity index (χ4v) is 10.3. The van der Waals surface area contributed by atoms with Crippen LogP contribution in [0.5, 0.6) is 5.75 Å². The lowest BCUT2D eigenvalue weighted by Gasteiger charge is -2.30. The van der Waals surface area contributed by atoms with E-state index in [0.717, 1.165) is 62.0 Å². The van der Waals surface area contributed by atoms with Crippen LogP contribution in [0.25, 0.3) is 44.2 Å². The molecule has 0 aliphatic carbocycles. The molecule has 10 rings (SSSR count). The molecule has 4 aliphatic heterocycles. The van der Waals surface area contributed by atoms with Crippen LogP contribution in [0, 0.1) is 17.8 Å². The number of carbonyl (C=O) groups excluding carboxylic acids is 3. The summed E-state index contributed by atoms with van der Waals surface area (Å²) in [4.78, 5) is 73.1. The molecule has 3 fully saturated rings. The number of Topliss-reactive ketones (excluding diaryl/α,β-unsaturated/α-hetero) is 1. The van der Waals surface area contributed by atoms with Crippen LogP contribution in [0.4, 0.5) is 9.59 Å². The van der Waals surface area contributed by atoms with Crippen molar-refractivity contribution in [3.63, 3.8) is 0 Å². The summed E-state index contributed by atoms with van der Waals surface area (Å²) in [5.74, 6) is 1.25. The lowest BCUT2D eigenvalue weighted by atomic mass is 9.86. The molecular formula is C48H50N8O8. The highest BCUT2D eigenvalue weighted by atomic mass is 16.5. The molecule has 0 radical (unpaired) electrons. The van der Waals surface area contributed by atoms with Crippen molar-refractivity contribution < 1.29 is 38.5 Å². The SMILES string of the molecule is COCC1CC(c2ncc(-c3ccc4c(c3)COc3cc5c(ccc6nc([C@@H]7[C@@H](C(=O)[C@H](NC(=O)O)c8ccccc8)C[C@@H]8CN87)[nH]c65)cc3-4)[nH]2)N(C(=O)C(NC(=O)OC)C(C)C)C1. The first-order valence-electron chi connectivity index (χ1n) is 21.7. The van der Waals surface area contributed by atoms with Crippen LogP contribution in [0.3, 0.4) is 0 Å². The van der Waals surface area contributed by atoms with E-state index in [1.807, 2.05) is 26.0 Å². The van der Waals surface area contributed by atoms with Gasteiger partial charge in [-0.1, -0.05) is 62.4 Å². The van der Waals surface area contributed by atoms with Gasteiger partial charge in [-0.3, -0.25) is 14.5 Å². The zero-order valence-electron chi connectivity index (χ0n) is 36.0. The third-order valence-corrected chi connectivity index (χ3v) is 13.4. The molecule has 0 spiro atoms. The normalized spacial score (nSPS) is 22.9. The van der Waals surface area contributed by atoms with Crippen LogP contribution < -0.4 is 15.4 Å². The number of hydrogen-bond donors (Lipinski definition) is 5. The molecule has 6 aromatic rings. The third-order valence-electron chi connectivity index (χ3n) is 13.4. The molecule has 5 N–H and O–H groups in total. The number of fused-ring (bicyclic) bond motifs is 7. The lowest BCUT2D eigenvalue weighted by Crippen LogP contribution is -2.51. The number of carbonyl (C=O) groups is 4. The summed E-state index contributed by atoms with van der Waals surface area (Å²) in [6, 6.07) is 21.4. The van der Waals surface area contributed by atoms with Gasteiger partial charge in [0.1, 0.15) is 36.1 Å². The highest BCUT2D eigenvalue weighted by Gasteiger charge is 2.56. The monoisotopic (exact) mass is 866 g/mol. The molecule has 3 saturated heterocycles. The van der Waals surface area contributed by atoms with Crippen molar-refractivity contribution >= 4 is 45.7 Å². The van der Waals surface area contributed by atoms with Gasteiger partial charge in [0.25, 0.3) is 0 Å². The van der Waals surface area contributed by atoms with Gasteiger partial charge in [0, 0.05) is 49.0 Å². The first-order chi connectivity index (χ1) is 31.0. The first kappa shape index (κ1) is 41.2. The van der Waals surface area contributed by atoms with E-state index in [9.17, 15) is 24.3 Å². The number of carboxylic acid groups (broad SMARTS) is 1. The molecule has 64 heavy (non-hydrogen) atoms. The number of likely N-dealkylation sites (tertiary alicyclic amines) is 1. The van der Waals surface area contributed by atoms with E-state index in [4.69, 9.17) is 24.2 Å². The topological polar surface area (TPSA) is 204 Å². The number of aromatic nitrogens is 4. The number of piperidine rings is 1. The van der Waals surface area contributed by atoms with Crippen molar-refractivity contribution in [2.75, 3.05) is 33.9 Å². The Labute approximate surface area is 368 Å². The predicted octanol–water partition coefficient (Wildman–Crippen LogP) is 6.91. The van der Waals surface area contributed by atoms with Crippen molar-refractivity contribution in [1.29, 1.82) is 0 Å². The second-order valence-electron chi connectivity index (χ2n) is 17.7. The second kappa shape index (κ2) is 16.4. The molecule has 4 aliphatic rings. The van der Waals surface area contributed by atoms with Gasteiger partial charge in [-0.05, 0) is 70.7 Å². The van der Waals surface area contributed by atoms with Crippen molar-refractivity contribution in [3.05, 3.63) is 102 Å². The Morgan fingerprint density at radius 3 is 2.53 bits per heavy atom. The summed E-state index contributed by atoms with van der Waals surface area (Å²) >= 11 is 0. The summed E-state index contributed by atoms with van der Waals surface area (Å²) in [6.45, 7) is 5.97. The van der Waals surface area contributed by atoms with Crippen LogP contribution >= 0.6 is 0 Å². The highest BCUT2D eigenvalue weighted by Crippen LogP contribution is 2.51. The van der Waals surface area contributed by atoms with E-state index in [-0.39, 0.29) is 41.7 Å². The molecule has 2 aromatic heterocycles. The number of nitrogens with zero attached hydrogens (tertiary/aromatic N) is 4. The smallest absolute Gasteiger partial charge is 0.407 e. The molecule has 330 valence electrons. The minimum absolute atomic E-state index is 0.101. The van der Waals surface area contributed by atoms with Crippen molar-refractivity contribution in [1.82, 2.24) is 40.4 Å². The number of rotatable bonds is 12.